The molecule has 0 spiro atoms. The minimum absolute atomic E-state index is 0.356. The van der Waals surface area contributed by atoms with E-state index < -0.39 is 0 Å². The van der Waals surface area contributed by atoms with Crippen LogP contribution in [0.1, 0.15) is 36.8 Å². The van der Waals surface area contributed by atoms with Crippen molar-refractivity contribution >= 4 is 6.29 Å². The Bertz CT molecular complexity index is 320. The van der Waals surface area contributed by atoms with Crippen molar-refractivity contribution in [1.82, 2.24) is 0 Å². The lowest BCUT2D eigenvalue weighted by molar-refractivity contribution is -0.108. The Labute approximate surface area is 85.1 Å². The van der Waals surface area contributed by atoms with Crippen LogP contribution in [0.5, 0.6) is 0 Å². The van der Waals surface area contributed by atoms with Gasteiger partial charge in [0.05, 0.1) is 0 Å². The third-order valence-corrected chi connectivity index (χ3v) is 3.26. The number of hydrogen-bond acceptors (Lipinski definition) is 1. The molecule has 0 aliphatic heterocycles. The summed E-state index contributed by atoms with van der Waals surface area (Å²) in [6, 6.07) is 8.76. The van der Waals surface area contributed by atoms with Gasteiger partial charge in [0.1, 0.15) is 6.29 Å². The van der Waals surface area contributed by atoms with Crippen LogP contribution in [0.15, 0.2) is 24.3 Å². The molecule has 1 aliphatic carbocycles. The second-order valence-electron chi connectivity index (χ2n) is 4.35. The van der Waals surface area contributed by atoms with Crippen molar-refractivity contribution in [2.24, 2.45) is 0 Å². The van der Waals surface area contributed by atoms with Crippen LogP contribution in [0, 0.1) is 6.92 Å². The summed E-state index contributed by atoms with van der Waals surface area (Å²) < 4.78 is 0. The fraction of sp³-hybridized carbons (Fsp3) is 0.462. The molecule has 0 radical (unpaired) electrons. The van der Waals surface area contributed by atoms with Gasteiger partial charge in [-0.1, -0.05) is 29.8 Å². The summed E-state index contributed by atoms with van der Waals surface area (Å²) in [5.41, 5.74) is 3.08. The standard InChI is InChI=1S/C13H16O/c1-11-3-5-12(6-4-11)13(8-9-13)7-2-10-14/h3-6,10H,2,7-9H2,1H3. The lowest BCUT2D eigenvalue weighted by Gasteiger charge is -2.13. The van der Waals surface area contributed by atoms with E-state index in [-0.39, 0.29) is 0 Å². The van der Waals surface area contributed by atoms with Crippen molar-refractivity contribution in [3.8, 4) is 0 Å². The van der Waals surface area contributed by atoms with Gasteiger partial charge < -0.3 is 4.79 Å². The normalized spacial score (nSPS) is 17.8. The number of carbonyl (C=O) groups excluding carboxylic acids is 1. The fourth-order valence-corrected chi connectivity index (χ4v) is 2.08. The van der Waals surface area contributed by atoms with Crippen molar-refractivity contribution in [2.75, 3.05) is 0 Å². The van der Waals surface area contributed by atoms with Crippen molar-refractivity contribution in [1.29, 1.82) is 0 Å². The van der Waals surface area contributed by atoms with Crippen LogP contribution in [-0.2, 0) is 10.2 Å². The zero-order valence-electron chi connectivity index (χ0n) is 8.62. The number of carbonyl (C=O) groups is 1. The van der Waals surface area contributed by atoms with Gasteiger partial charge in [0, 0.05) is 6.42 Å². The van der Waals surface area contributed by atoms with Gasteiger partial charge in [-0.05, 0) is 37.2 Å². The molecule has 0 unspecified atom stereocenters. The van der Waals surface area contributed by atoms with Gasteiger partial charge in [0.25, 0.3) is 0 Å². The molecule has 1 saturated carbocycles. The highest BCUT2D eigenvalue weighted by molar-refractivity contribution is 5.50. The van der Waals surface area contributed by atoms with E-state index in [4.69, 9.17) is 0 Å². The first-order valence-corrected chi connectivity index (χ1v) is 5.28. The van der Waals surface area contributed by atoms with Gasteiger partial charge >= 0.3 is 0 Å². The van der Waals surface area contributed by atoms with Gasteiger partial charge in [-0.25, -0.2) is 0 Å². The molecule has 74 valence electrons. The van der Waals surface area contributed by atoms with E-state index in [0.717, 1.165) is 12.7 Å². The molecule has 0 N–H and O–H groups in total. The lowest BCUT2D eigenvalue weighted by Crippen LogP contribution is -2.06. The predicted octanol–water partition coefficient (Wildman–Crippen LogP) is 3.01. The quantitative estimate of drug-likeness (QED) is 0.664. The Balaban J connectivity index is 2.13. The van der Waals surface area contributed by atoms with E-state index in [1.54, 1.807) is 0 Å². The average molecular weight is 188 g/mol. The van der Waals surface area contributed by atoms with Gasteiger partial charge in [-0.3, -0.25) is 0 Å². The first-order valence-electron chi connectivity index (χ1n) is 5.28. The molecule has 1 aromatic rings. The number of aldehydes is 1. The van der Waals surface area contributed by atoms with E-state index in [9.17, 15) is 4.79 Å². The van der Waals surface area contributed by atoms with Crippen LogP contribution in [0.4, 0.5) is 0 Å². The highest BCUT2D eigenvalue weighted by Gasteiger charge is 2.43. The number of aryl methyl sites for hydroxylation is 1. The molecule has 14 heavy (non-hydrogen) atoms. The van der Waals surface area contributed by atoms with Crippen LogP contribution in [-0.4, -0.2) is 6.29 Å². The molecule has 0 atom stereocenters. The average Bonchev–Trinajstić information content (AvgIpc) is 2.97. The van der Waals surface area contributed by atoms with Crippen molar-refractivity contribution < 1.29 is 4.79 Å². The number of benzene rings is 1. The zero-order chi connectivity index (χ0) is 10.0. The van der Waals surface area contributed by atoms with E-state index in [1.807, 2.05) is 0 Å². The first kappa shape index (κ1) is 9.45. The fourth-order valence-electron chi connectivity index (χ4n) is 2.08. The van der Waals surface area contributed by atoms with Crippen molar-refractivity contribution in [3.05, 3.63) is 35.4 Å². The summed E-state index contributed by atoms with van der Waals surface area (Å²) in [5, 5.41) is 0. The molecule has 1 aliphatic rings. The Hall–Kier alpha value is -1.11. The Kier molecular flexibility index (Phi) is 2.40. The minimum atomic E-state index is 0.356. The summed E-state index contributed by atoms with van der Waals surface area (Å²) in [6.07, 6.45) is 5.27. The maximum Gasteiger partial charge on any atom is 0.120 e. The molecule has 1 aromatic carbocycles. The second-order valence-corrected chi connectivity index (χ2v) is 4.35. The third-order valence-electron chi connectivity index (χ3n) is 3.26. The Morgan fingerprint density at radius 1 is 1.29 bits per heavy atom. The highest BCUT2D eigenvalue weighted by Crippen LogP contribution is 2.51. The highest BCUT2D eigenvalue weighted by atomic mass is 16.1. The van der Waals surface area contributed by atoms with Crippen LogP contribution in [0.25, 0.3) is 0 Å². The van der Waals surface area contributed by atoms with Gasteiger partial charge in [0.15, 0.2) is 0 Å². The molecular weight excluding hydrogens is 172 g/mol. The summed E-state index contributed by atoms with van der Waals surface area (Å²) in [6.45, 7) is 2.11. The Morgan fingerprint density at radius 2 is 1.93 bits per heavy atom. The van der Waals surface area contributed by atoms with Gasteiger partial charge in [-0.15, -0.1) is 0 Å². The van der Waals surface area contributed by atoms with E-state index >= 15 is 0 Å². The molecule has 0 aromatic heterocycles. The van der Waals surface area contributed by atoms with Crippen LogP contribution >= 0.6 is 0 Å². The summed E-state index contributed by atoms with van der Waals surface area (Å²) in [4.78, 5) is 10.4. The number of rotatable bonds is 4. The minimum Gasteiger partial charge on any atom is -0.303 e. The van der Waals surface area contributed by atoms with E-state index in [0.29, 0.717) is 11.8 Å². The molecule has 0 amide bonds. The maximum atomic E-state index is 10.4. The van der Waals surface area contributed by atoms with Gasteiger partial charge in [-0.2, -0.15) is 0 Å². The second kappa shape index (κ2) is 3.56. The van der Waals surface area contributed by atoms with Crippen LogP contribution in [0.3, 0.4) is 0 Å². The summed E-state index contributed by atoms with van der Waals surface area (Å²) in [7, 11) is 0. The smallest absolute Gasteiger partial charge is 0.120 e. The Morgan fingerprint density at radius 3 is 2.43 bits per heavy atom. The van der Waals surface area contributed by atoms with Crippen LogP contribution in [0.2, 0.25) is 0 Å². The van der Waals surface area contributed by atoms with Gasteiger partial charge in [0.2, 0.25) is 0 Å². The topological polar surface area (TPSA) is 17.1 Å². The first-order chi connectivity index (χ1) is 6.77. The van der Waals surface area contributed by atoms with Crippen LogP contribution < -0.4 is 0 Å². The molecule has 0 heterocycles. The largest absolute Gasteiger partial charge is 0.303 e. The van der Waals surface area contributed by atoms with E-state index in [2.05, 4.69) is 31.2 Å². The molecule has 2 rings (SSSR count). The zero-order valence-corrected chi connectivity index (χ0v) is 8.62. The molecule has 0 saturated heterocycles. The predicted molar refractivity (Wildman–Crippen MR) is 57.4 cm³/mol. The molecule has 0 bridgehead atoms. The monoisotopic (exact) mass is 188 g/mol. The SMILES string of the molecule is Cc1ccc(C2(CCC=O)CC2)cc1. The molecule has 1 fully saturated rings. The van der Waals surface area contributed by atoms with Crippen molar-refractivity contribution in [3.63, 3.8) is 0 Å². The molecular formula is C13H16O. The molecule has 1 nitrogen and oxygen atoms in total. The molecule has 1 heteroatoms. The summed E-state index contributed by atoms with van der Waals surface area (Å²) in [5.74, 6) is 0. The van der Waals surface area contributed by atoms with E-state index in [1.165, 1.54) is 24.0 Å². The number of hydrogen-bond donors (Lipinski definition) is 0. The third kappa shape index (κ3) is 1.72. The summed E-state index contributed by atoms with van der Waals surface area (Å²) >= 11 is 0. The maximum absolute atomic E-state index is 10.4. The van der Waals surface area contributed by atoms with Crippen molar-refractivity contribution in [2.45, 2.75) is 38.0 Å². The lowest BCUT2D eigenvalue weighted by atomic mass is 9.91.